The molecule has 6 heterocycles. The quantitative estimate of drug-likeness (QED) is 0.721. The molecule has 2 bridgehead atoms. The van der Waals surface area contributed by atoms with Gasteiger partial charge in [0.25, 0.3) is 5.91 Å². The fourth-order valence-corrected chi connectivity index (χ4v) is 4.52. The smallest absolute Gasteiger partial charge is 0.274 e. The molecule has 3 aliphatic heterocycles. The maximum atomic E-state index is 12.7. The van der Waals surface area contributed by atoms with Crippen molar-refractivity contribution in [2.24, 2.45) is 0 Å². The van der Waals surface area contributed by atoms with Crippen LogP contribution in [0, 0.1) is 11.3 Å². The van der Waals surface area contributed by atoms with Gasteiger partial charge in [-0.25, -0.2) is 9.50 Å². The lowest BCUT2D eigenvalue weighted by molar-refractivity contribution is 0.102. The lowest BCUT2D eigenvalue weighted by Crippen LogP contribution is -2.61. The van der Waals surface area contributed by atoms with Crippen molar-refractivity contribution in [1.82, 2.24) is 19.9 Å². The number of carbonyl (C=O) groups is 1. The molecule has 3 aromatic heterocycles. The summed E-state index contributed by atoms with van der Waals surface area (Å²) in [5.74, 6) is 0.355. The minimum Gasteiger partial charge on any atom is -0.334 e. The first kappa shape index (κ1) is 16.2. The van der Waals surface area contributed by atoms with Gasteiger partial charge in [-0.05, 0) is 25.0 Å². The molecule has 136 valence electrons. The van der Waals surface area contributed by atoms with Gasteiger partial charge in [0.1, 0.15) is 11.8 Å². The highest BCUT2D eigenvalue weighted by atomic mass is 32.1. The summed E-state index contributed by atoms with van der Waals surface area (Å²) in [5, 5.41) is 23.6. The van der Waals surface area contributed by atoms with Crippen molar-refractivity contribution in [2.45, 2.75) is 24.9 Å². The number of nitrogens with one attached hydrogen (secondary N) is 2. The maximum absolute atomic E-state index is 12.7. The van der Waals surface area contributed by atoms with Gasteiger partial charge in [0.05, 0.1) is 23.0 Å². The fourth-order valence-electron chi connectivity index (χ4n) is 3.82. The molecule has 3 aromatic rings. The fraction of sp³-hybridized carbons (Fsp3) is 0.333. The van der Waals surface area contributed by atoms with Crippen LogP contribution < -0.4 is 15.5 Å². The van der Waals surface area contributed by atoms with E-state index in [1.165, 1.54) is 17.8 Å². The van der Waals surface area contributed by atoms with Crippen LogP contribution in [0.15, 0.2) is 29.1 Å². The molecule has 0 spiro atoms. The zero-order valence-electron chi connectivity index (χ0n) is 14.4. The van der Waals surface area contributed by atoms with Crippen LogP contribution in [0.4, 0.5) is 11.6 Å². The molecular weight excluding hydrogens is 362 g/mol. The molecule has 3 fully saturated rings. The van der Waals surface area contributed by atoms with Crippen LogP contribution in [0.2, 0.25) is 0 Å². The van der Waals surface area contributed by atoms with Crippen molar-refractivity contribution in [3.63, 3.8) is 0 Å². The minimum atomic E-state index is -0.295. The summed E-state index contributed by atoms with van der Waals surface area (Å²) in [6.07, 6.45) is 4.07. The highest BCUT2D eigenvalue weighted by Gasteiger charge is 2.35. The molecule has 3 aliphatic rings. The topological polar surface area (TPSA) is 98.3 Å². The SMILES string of the molecule is N#Cc1cscc1NC(=O)c1ccc2cnc(N3CC4CCC3CN4)nn12. The summed E-state index contributed by atoms with van der Waals surface area (Å²) in [6.45, 7) is 1.83. The number of aromatic nitrogens is 3. The second-order valence-corrected chi connectivity index (χ2v) is 7.61. The predicted octanol–water partition coefficient (Wildman–Crippen LogP) is 1.86. The van der Waals surface area contributed by atoms with E-state index in [9.17, 15) is 4.79 Å². The van der Waals surface area contributed by atoms with E-state index in [0.29, 0.717) is 35.0 Å². The molecule has 0 radical (unpaired) electrons. The van der Waals surface area contributed by atoms with Crippen LogP contribution in [-0.4, -0.2) is 45.7 Å². The third-order valence-corrected chi connectivity index (χ3v) is 6.00. The number of rotatable bonds is 3. The van der Waals surface area contributed by atoms with Gasteiger partial charge in [0.2, 0.25) is 5.95 Å². The first-order chi connectivity index (χ1) is 13.2. The molecule has 3 saturated heterocycles. The monoisotopic (exact) mass is 379 g/mol. The number of anilines is 2. The van der Waals surface area contributed by atoms with Crippen molar-refractivity contribution in [3.8, 4) is 6.07 Å². The summed E-state index contributed by atoms with van der Waals surface area (Å²) >= 11 is 1.38. The Balaban J connectivity index is 1.47. The Morgan fingerprint density at radius 2 is 2.30 bits per heavy atom. The van der Waals surface area contributed by atoms with E-state index >= 15 is 0 Å². The first-order valence-corrected chi connectivity index (χ1v) is 9.79. The maximum Gasteiger partial charge on any atom is 0.274 e. The van der Waals surface area contributed by atoms with Gasteiger partial charge < -0.3 is 15.5 Å². The van der Waals surface area contributed by atoms with Gasteiger partial charge in [-0.1, -0.05) is 0 Å². The Labute approximate surface area is 159 Å². The number of hydrogen-bond acceptors (Lipinski definition) is 7. The Bertz CT molecular complexity index is 1060. The zero-order valence-corrected chi connectivity index (χ0v) is 15.2. The zero-order chi connectivity index (χ0) is 18.4. The first-order valence-electron chi connectivity index (χ1n) is 8.85. The molecule has 2 unspecified atom stereocenters. The molecule has 6 rings (SSSR count). The molecule has 2 atom stereocenters. The van der Waals surface area contributed by atoms with E-state index in [0.717, 1.165) is 25.0 Å². The van der Waals surface area contributed by atoms with Crippen LogP contribution in [0.3, 0.4) is 0 Å². The average Bonchev–Trinajstić information content (AvgIpc) is 3.34. The van der Waals surface area contributed by atoms with E-state index in [2.05, 4.69) is 31.7 Å². The molecule has 9 heteroatoms. The van der Waals surface area contributed by atoms with Crippen molar-refractivity contribution in [3.05, 3.63) is 40.3 Å². The van der Waals surface area contributed by atoms with E-state index < -0.39 is 0 Å². The Hall–Kier alpha value is -2.96. The van der Waals surface area contributed by atoms with Crippen molar-refractivity contribution >= 4 is 34.4 Å². The number of carbonyl (C=O) groups excluding carboxylic acids is 1. The number of nitriles is 1. The number of thiophene rings is 1. The number of piperidine rings is 2. The summed E-state index contributed by atoms with van der Waals surface area (Å²) in [6, 6.07) is 6.50. The lowest BCUT2D eigenvalue weighted by Gasteiger charge is -2.45. The molecule has 2 N–H and O–H groups in total. The van der Waals surface area contributed by atoms with Crippen molar-refractivity contribution in [1.29, 1.82) is 5.26 Å². The normalized spacial score (nSPS) is 21.4. The Morgan fingerprint density at radius 3 is 3.04 bits per heavy atom. The molecule has 0 aliphatic carbocycles. The average molecular weight is 379 g/mol. The third-order valence-electron chi connectivity index (χ3n) is 5.25. The summed E-state index contributed by atoms with van der Waals surface area (Å²) in [5.41, 5.74) is 2.16. The molecule has 27 heavy (non-hydrogen) atoms. The molecule has 0 saturated carbocycles. The van der Waals surface area contributed by atoms with Gasteiger partial charge >= 0.3 is 0 Å². The Kier molecular flexibility index (Phi) is 3.81. The second kappa shape index (κ2) is 6.33. The summed E-state index contributed by atoms with van der Waals surface area (Å²) in [4.78, 5) is 19.5. The minimum absolute atomic E-state index is 0.295. The molecular formula is C18H17N7OS. The molecule has 0 aromatic carbocycles. The van der Waals surface area contributed by atoms with Gasteiger partial charge in [-0.15, -0.1) is 16.4 Å². The number of nitrogens with zero attached hydrogens (tertiary/aromatic N) is 5. The van der Waals surface area contributed by atoms with E-state index in [-0.39, 0.29) is 5.91 Å². The van der Waals surface area contributed by atoms with Gasteiger partial charge in [-0.2, -0.15) is 5.26 Å². The predicted molar refractivity (Wildman–Crippen MR) is 102 cm³/mol. The van der Waals surface area contributed by atoms with Crippen LogP contribution in [0.25, 0.3) is 5.52 Å². The van der Waals surface area contributed by atoms with Gasteiger partial charge in [-0.3, -0.25) is 4.79 Å². The van der Waals surface area contributed by atoms with Crippen LogP contribution in [0.5, 0.6) is 0 Å². The number of amides is 1. The van der Waals surface area contributed by atoms with E-state index in [4.69, 9.17) is 5.26 Å². The third kappa shape index (κ3) is 2.74. The van der Waals surface area contributed by atoms with E-state index in [1.54, 1.807) is 27.5 Å². The van der Waals surface area contributed by atoms with Crippen molar-refractivity contribution in [2.75, 3.05) is 23.3 Å². The van der Waals surface area contributed by atoms with E-state index in [1.807, 2.05) is 6.07 Å². The highest BCUT2D eigenvalue weighted by Crippen LogP contribution is 2.26. The highest BCUT2D eigenvalue weighted by molar-refractivity contribution is 7.08. The van der Waals surface area contributed by atoms with Gasteiger partial charge in [0, 0.05) is 35.9 Å². The van der Waals surface area contributed by atoms with Crippen LogP contribution in [0.1, 0.15) is 28.9 Å². The summed E-state index contributed by atoms with van der Waals surface area (Å²) in [7, 11) is 0. The number of piperazine rings is 1. The Morgan fingerprint density at radius 1 is 1.37 bits per heavy atom. The molecule has 1 amide bonds. The lowest BCUT2D eigenvalue weighted by atomic mass is 9.93. The molecule has 8 nitrogen and oxygen atoms in total. The largest absolute Gasteiger partial charge is 0.334 e. The second-order valence-electron chi connectivity index (χ2n) is 6.87. The van der Waals surface area contributed by atoms with Crippen LogP contribution in [-0.2, 0) is 0 Å². The van der Waals surface area contributed by atoms with Crippen LogP contribution >= 0.6 is 11.3 Å². The summed E-state index contributed by atoms with van der Waals surface area (Å²) < 4.78 is 1.63. The van der Waals surface area contributed by atoms with Gasteiger partial charge in [0.15, 0.2) is 0 Å². The number of fused-ring (bicyclic) bond motifs is 4. The number of hydrogen-bond donors (Lipinski definition) is 2. The standard InChI is InChI=1S/C18H17N7OS/c19-5-11-9-27-10-15(11)22-17(26)16-4-3-14-7-21-18(23-25(14)16)24-8-12-1-2-13(24)6-20-12/h3-4,7,9-10,12-13,20H,1-2,6,8H2,(H,22,26). The van der Waals surface area contributed by atoms with Crippen molar-refractivity contribution < 1.29 is 4.79 Å².